The lowest BCUT2D eigenvalue weighted by atomic mass is 9.41. The van der Waals surface area contributed by atoms with Crippen molar-refractivity contribution in [1.29, 1.82) is 0 Å². The van der Waals surface area contributed by atoms with Crippen molar-refractivity contribution in [3.8, 4) is 0 Å². The molecule has 7 heteroatoms. The summed E-state index contributed by atoms with van der Waals surface area (Å²) in [5.74, 6) is -0.141. The largest absolute Gasteiger partial charge is 0.392 e. The fourth-order valence-corrected chi connectivity index (χ4v) is 11.0. The Hall–Kier alpha value is -0.280. The number of aliphatic hydroxyl groups is 3. The van der Waals surface area contributed by atoms with Gasteiger partial charge in [0, 0.05) is 49.2 Å². The van der Waals surface area contributed by atoms with Crippen LogP contribution in [0.2, 0.25) is 0 Å². The molecule has 3 N–H and O–H groups in total. The first-order chi connectivity index (χ1) is 14.3. The molecule has 1 spiro atoms. The van der Waals surface area contributed by atoms with Gasteiger partial charge in [-0.2, -0.15) is 0 Å². The zero-order chi connectivity index (χ0) is 21.0. The molecule has 5 aliphatic carbocycles. The van der Waals surface area contributed by atoms with E-state index in [1.54, 1.807) is 14.2 Å². The number of rotatable bonds is 3. The molecule has 168 valence electrons. The van der Waals surface area contributed by atoms with Gasteiger partial charge < -0.3 is 29.5 Å². The summed E-state index contributed by atoms with van der Waals surface area (Å²) in [5, 5.41) is 36.6. The molecule has 9 fully saturated rings. The minimum atomic E-state index is -1.46. The zero-order valence-electron chi connectivity index (χ0n) is 18.3. The highest BCUT2D eigenvalue weighted by Gasteiger charge is 2.94. The third kappa shape index (κ3) is 1.48. The van der Waals surface area contributed by atoms with E-state index in [0.29, 0.717) is 6.42 Å². The van der Waals surface area contributed by atoms with E-state index in [-0.39, 0.29) is 59.0 Å². The second-order valence-corrected chi connectivity index (χ2v) is 11.6. The van der Waals surface area contributed by atoms with Gasteiger partial charge >= 0.3 is 0 Å². The van der Waals surface area contributed by atoms with Crippen molar-refractivity contribution in [2.24, 2.45) is 34.5 Å². The second-order valence-electron chi connectivity index (χ2n) is 11.6. The Morgan fingerprint density at radius 3 is 2.63 bits per heavy atom. The minimum absolute atomic E-state index is 0.00320. The van der Waals surface area contributed by atoms with E-state index in [1.807, 2.05) is 0 Å². The number of aliphatic hydroxyl groups excluding tert-OH is 1. The van der Waals surface area contributed by atoms with Crippen LogP contribution in [0.25, 0.3) is 0 Å². The summed E-state index contributed by atoms with van der Waals surface area (Å²) in [5.41, 5.74) is -3.34. The van der Waals surface area contributed by atoms with Crippen LogP contribution < -0.4 is 0 Å². The SMILES string of the molecule is CCN1[C@@H]2O[C@H]3CC[C@]2(C)[C@H]2[C@H](OC)[C@@]4(O)[C@@H]1[C@@]32[C@@H]1C[C@H]2[C@H](O)[C@@H]1[C@]4(O)C[C@@H]2OC. The molecule has 0 aromatic carbocycles. The molecule has 0 aromatic rings. The first-order valence-corrected chi connectivity index (χ1v) is 11.9. The standard InChI is InChI=1S/C23H35NO6/c1-5-24-18-22-11-8-10-12(28-3)9-21(26,14(11)15(10)25)23(18,27)17(29-4)16(22)20(2)7-6-13(22)30-19(20)24/h10-19,25-27H,5-9H2,1-4H3/t10-,11-,12+,13+,14-,15+,16-,17+,18+,19-,20-,21-,22+,23-/m1/s1. The van der Waals surface area contributed by atoms with Gasteiger partial charge in [0.1, 0.15) is 17.4 Å². The van der Waals surface area contributed by atoms with Crippen LogP contribution in [0.4, 0.5) is 0 Å². The van der Waals surface area contributed by atoms with Crippen molar-refractivity contribution < 1.29 is 29.5 Å². The van der Waals surface area contributed by atoms with Gasteiger partial charge in [0.2, 0.25) is 0 Å². The number of hydrogen-bond donors (Lipinski definition) is 3. The summed E-state index contributed by atoms with van der Waals surface area (Å²) < 4.78 is 18.7. The maximum atomic E-state index is 12.7. The number of hydrogen-bond acceptors (Lipinski definition) is 7. The summed E-state index contributed by atoms with van der Waals surface area (Å²) in [6.07, 6.45) is 1.81. The molecular weight excluding hydrogens is 386 g/mol. The average molecular weight is 422 g/mol. The van der Waals surface area contributed by atoms with Crippen molar-refractivity contribution in [3.05, 3.63) is 0 Å². The molecular formula is C23H35NO6. The monoisotopic (exact) mass is 421 g/mol. The third-order valence-corrected chi connectivity index (χ3v) is 11.4. The molecule has 30 heavy (non-hydrogen) atoms. The van der Waals surface area contributed by atoms with Gasteiger partial charge in [0.25, 0.3) is 0 Å². The van der Waals surface area contributed by atoms with Crippen LogP contribution in [0.15, 0.2) is 0 Å². The summed E-state index contributed by atoms with van der Waals surface area (Å²) in [7, 11) is 3.35. The van der Waals surface area contributed by atoms with E-state index < -0.39 is 23.4 Å². The molecule has 5 saturated carbocycles. The Bertz CT molecular complexity index is 811. The van der Waals surface area contributed by atoms with Gasteiger partial charge in [-0.25, -0.2) is 0 Å². The predicted molar refractivity (Wildman–Crippen MR) is 105 cm³/mol. The van der Waals surface area contributed by atoms with Gasteiger partial charge in [-0.3, -0.25) is 4.90 Å². The van der Waals surface area contributed by atoms with Gasteiger partial charge in [-0.1, -0.05) is 13.8 Å². The maximum absolute atomic E-state index is 12.7. The summed E-state index contributed by atoms with van der Waals surface area (Å²) >= 11 is 0. The van der Waals surface area contributed by atoms with Crippen molar-refractivity contribution in [2.45, 2.75) is 87.4 Å². The number of piperidine rings is 1. The first kappa shape index (κ1) is 19.2. The van der Waals surface area contributed by atoms with Crippen LogP contribution in [0.1, 0.15) is 39.5 Å². The molecule has 4 heterocycles. The molecule has 7 nitrogen and oxygen atoms in total. The van der Waals surface area contributed by atoms with E-state index in [0.717, 1.165) is 25.8 Å². The average Bonchev–Trinajstić information content (AvgIpc) is 3.12. The third-order valence-electron chi connectivity index (χ3n) is 11.4. The number of ether oxygens (including phenoxy) is 3. The van der Waals surface area contributed by atoms with Crippen molar-refractivity contribution in [3.63, 3.8) is 0 Å². The lowest BCUT2D eigenvalue weighted by Gasteiger charge is -2.76. The molecule has 4 saturated heterocycles. The van der Waals surface area contributed by atoms with E-state index in [2.05, 4.69) is 18.7 Å². The lowest BCUT2D eigenvalue weighted by Crippen LogP contribution is -2.86. The van der Waals surface area contributed by atoms with Gasteiger partial charge in [-0.05, 0) is 31.7 Å². The van der Waals surface area contributed by atoms with E-state index in [1.165, 1.54) is 0 Å². The van der Waals surface area contributed by atoms with Crippen LogP contribution in [0.5, 0.6) is 0 Å². The number of methoxy groups -OCH3 is 2. The van der Waals surface area contributed by atoms with Crippen LogP contribution in [-0.2, 0) is 14.2 Å². The van der Waals surface area contributed by atoms with Gasteiger partial charge in [-0.15, -0.1) is 0 Å². The Labute approximate surface area is 177 Å². The fraction of sp³-hybridized carbons (Fsp3) is 1.00. The van der Waals surface area contributed by atoms with Gasteiger partial charge in [0.15, 0.2) is 0 Å². The normalized spacial score (nSPS) is 69.3. The molecule has 14 atom stereocenters. The molecule has 0 aromatic heterocycles. The number of nitrogens with zero attached hydrogens (tertiary/aromatic N) is 1. The quantitative estimate of drug-likeness (QED) is 0.606. The van der Waals surface area contributed by atoms with Crippen LogP contribution in [0.3, 0.4) is 0 Å². The second kappa shape index (κ2) is 5.27. The molecule has 0 radical (unpaired) electrons. The minimum Gasteiger partial charge on any atom is -0.392 e. The Morgan fingerprint density at radius 1 is 1.20 bits per heavy atom. The fourth-order valence-electron chi connectivity index (χ4n) is 11.0. The smallest absolute Gasteiger partial charge is 0.136 e. The summed E-state index contributed by atoms with van der Waals surface area (Å²) in [6.45, 7) is 5.21. The van der Waals surface area contributed by atoms with Gasteiger partial charge in [0.05, 0.1) is 30.5 Å². The van der Waals surface area contributed by atoms with Crippen molar-refractivity contribution >= 4 is 0 Å². The van der Waals surface area contributed by atoms with E-state index in [4.69, 9.17) is 14.2 Å². The molecule has 0 amide bonds. The number of likely N-dealkylation sites (N-methyl/N-ethyl adjacent to an activating group) is 1. The molecule has 4 aliphatic heterocycles. The lowest BCUT2D eigenvalue weighted by molar-refractivity contribution is -0.404. The molecule has 0 unspecified atom stereocenters. The van der Waals surface area contributed by atoms with Crippen molar-refractivity contribution in [2.75, 3.05) is 20.8 Å². The topological polar surface area (TPSA) is 91.6 Å². The highest BCUT2D eigenvalue weighted by molar-refractivity contribution is 5.42. The van der Waals surface area contributed by atoms with E-state index >= 15 is 0 Å². The van der Waals surface area contributed by atoms with Crippen molar-refractivity contribution in [1.82, 2.24) is 4.90 Å². The molecule has 9 rings (SSSR count). The maximum Gasteiger partial charge on any atom is 0.136 e. The zero-order valence-corrected chi connectivity index (χ0v) is 18.3. The Morgan fingerprint density at radius 2 is 1.97 bits per heavy atom. The van der Waals surface area contributed by atoms with E-state index in [9.17, 15) is 15.3 Å². The molecule has 9 bridgehead atoms. The Balaban J connectivity index is 1.56. The molecule has 9 aliphatic rings. The van der Waals surface area contributed by atoms with Crippen LogP contribution in [0, 0.1) is 34.5 Å². The van der Waals surface area contributed by atoms with Crippen LogP contribution >= 0.6 is 0 Å². The number of fused-ring (bicyclic) bond motifs is 3. The highest BCUT2D eigenvalue weighted by Crippen LogP contribution is 2.83. The predicted octanol–water partition coefficient (Wildman–Crippen LogP) is 0.354. The summed E-state index contributed by atoms with van der Waals surface area (Å²) in [4.78, 5) is 2.35. The van der Waals surface area contributed by atoms with Crippen LogP contribution in [-0.4, -0.2) is 88.9 Å². The first-order valence-electron chi connectivity index (χ1n) is 11.9. The summed E-state index contributed by atoms with van der Waals surface area (Å²) in [6, 6.07) is -0.213. The Kier molecular flexibility index (Phi) is 3.37. The highest BCUT2D eigenvalue weighted by atomic mass is 16.5.